The maximum absolute atomic E-state index is 14.2. The predicted octanol–water partition coefficient (Wildman–Crippen LogP) is 8.63. The summed E-state index contributed by atoms with van der Waals surface area (Å²) in [6.07, 6.45) is -7.99. The zero-order chi connectivity index (χ0) is 34.0. The van der Waals surface area contributed by atoms with Crippen LogP contribution in [-0.4, -0.2) is 39.8 Å². The average Bonchev–Trinajstić information content (AvgIpc) is 2.98. The fourth-order valence-corrected chi connectivity index (χ4v) is 6.77. The second-order valence-corrected chi connectivity index (χ2v) is 12.5. The molecule has 1 aromatic heterocycles. The Labute approximate surface area is 267 Å². The smallest absolute Gasteiger partial charge is 0.417 e. The highest BCUT2D eigenvalue weighted by atomic mass is 35.5. The molecule has 1 aliphatic rings. The van der Waals surface area contributed by atoms with Crippen LogP contribution in [0.5, 0.6) is 11.6 Å². The van der Waals surface area contributed by atoms with Crippen molar-refractivity contribution in [1.29, 1.82) is 0 Å². The van der Waals surface area contributed by atoms with Crippen molar-refractivity contribution in [3.8, 4) is 11.6 Å². The van der Waals surface area contributed by atoms with E-state index in [9.17, 15) is 34.8 Å². The molecular formula is C31H29ClF6N2O5S. The molecule has 46 heavy (non-hydrogen) atoms. The third kappa shape index (κ3) is 7.55. The highest BCUT2D eigenvalue weighted by Crippen LogP contribution is 2.43. The molecular weight excluding hydrogens is 662 g/mol. The van der Waals surface area contributed by atoms with Crippen LogP contribution in [0, 0.1) is 0 Å². The van der Waals surface area contributed by atoms with Gasteiger partial charge in [0.1, 0.15) is 11.9 Å². The molecule has 2 aromatic carbocycles. The molecule has 1 unspecified atom stereocenters. The van der Waals surface area contributed by atoms with Crippen molar-refractivity contribution < 1.29 is 49.0 Å². The van der Waals surface area contributed by atoms with Gasteiger partial charge in [-0.15, -0.1) is 0 Å². The summed E-state index contributed by atoms with van der Waals surface area (Å²) in [5, 5.41) is -0.143. The Balaban J connectivity index is 1.87. The van der Waals surface area contributed by atoms with Gasteiger partial charge in [-0.25, -0.2) is 13.4 Å². The summed E-state index contributed by atoms with van der Waals surface area (Å²) < 4.78 is 128. The predicted molar refractivity (Wildman–Crippen MR) is 161 cm³/mol. The van der Waals surface area contributed by atoms with E-state index in [4.69, 9.17) is 25.8 Å². The van der Waals surface area contributed by atoms with E-state index < -0.39 is 50.4 Å². The van der Waals surface area contributed by atoms with Crippen molar-refractivity contribution in [3.05, 3.63) is 88.3 Å². The number of hydrogen-bond acceptors (Lipinski definition) is 6. The van der Waals surface area contributed by atoms with Crippen LogP contribution >= 0.6 is 11.6 Å². The van der Waals surface area contributed by atoms with Gasteiger partial charge in [0.15, 0.2) is 4.90 Å². The number of pyridine rings is 1. The fraction of sp³-hybridized carbons (Fsp3) is 0.323. The molecule has 0 fully saturated rings. The molecule has 4 rings (SSSR count). The SMILES string of the molecule is C=C(CCC1CN(S(=O)(=O)c2cc(C(F)(F)F)cnc2OCC)c2cc(C=C(C)c3c(Cl)cccc3C(F)(F)F)ccc2O1)OC. The van der Waals surface area contributed by atoms with Crippen molar-refractivity contribution in [2.75, 3.05) is 24.6 Å². The van der Waals surface area contributed by atoms with E-state index in [1.807, 2.05) is 0 Å². The minimum Gasteiger partial charge on any atom is -0.502 e. The minimum atomic E-state index is -4.91. The zero-order valence-corrected chi connectivity index (χ0v) is 26.4. The molecule has 248 valence electrons. The minimum absolute atomic E-state index is 0.0570. The summed E-state index contributed by atoms with van der Waals surface area (Å²) in [4.78, 5) is 2.83. The lowest BCUT2D eigenvalue weighted by molar-refractivity contribution is -0.138. The standard InChI is InChI=1S/C31H29ClF6N2O5S/c1-5-44-29-27(15-21(16-39-29)30(33,34)35)46(41,42)40-17-22(11-9-19(3)43-4)45-26-12-10-20(14-25(26)40)13-18(2)28-23(31(36,37)38)7-6-8-24(28)32/h6-8,10,12-16,22H,3,5,9,11,17H2,1-2,4H3. The average molecular weight is 691 g/mol. The number of ether oxygens (including phenoxy) is 3. The lowest BCUT2D eigenvalue weighted by Crippen LogP contribution is -2.43. The van der Waals surface area contributed by atoms with E-state index in [-0.39, 0.29) is 52.7 Å². The fourth-order valence-electron chi connectivity index (χ4n) is 4.84. The van der Waals surface area contributed by atoms with Gasteiger partial charge in [0.2, 0.25) is 5.88 Å². The molecule has 0 amide bonds. The Morgan fingerprint density at radius 1 is 1.15 bits per heavy atom. The second-order valence-electron chi connectivity index (χ2n) is 10.2. The van der Waals surface area contributed by atoms with Gasteiger partial charge in [0.25, 0.3) is 10.0 Å². The van der Waals surface area contributed by atoms with E-state index in [0.717, 1.165) is 10.4 Å². The summed E-state index contributed by atoms with van der Waals surface area (Å²) in [7, 11) is -3.38. The Hall–Kier alpha value is -3.91. The molecule has 1 aliphatic heterocycles. The molecule has 0 saturated heterocycles. The molecule has 0 saturated carbocycles. The van der Waals surface area contributed by atoms with Crippen molar-refractivity contribution in [2.45, 2.75) is 50.0 Å². The quantitative estimate of drug-likeness (QED) is 0.120. The van der Waals surface area contributed by atoms with Gasteiger partial charge >= 0.3 is 12.4 Å². The van der Waals surface area contributed by atoms with E-state index in [1.165, 1.54) is 57.4 Å². The van der Waals surface area contributed by atoms with Crippen LogP contribution in [0.4, 0.5) is 32.0 Å². The highest BCUT2D eigenvalue weighted by molar-refractivity contribution is 7.93. The van der Waals surface area contributed by atoms with Crippen LogP contribution < -0.4 is 13.8 Å². The van der Waals surface area contributed by atoms with Gasteiger partial charge in [-0.1, -0.05) is 36.4 Å². The Morgan fingerprint density at radius 3 is 2.50 bits per heavy atom. The number of benzene rings is 2. The molecule has 0 spiro atoms. The normalized spacial score (nSPS) is 15.7. The number of fused-ring (bicyclic) bond motifs is 1. The summed E-state index contributed by atoms with van der Waals surface area (Å²) in [5.41, 5.74) is -2.18. The molecule has 3 aromatic rings. The Bertz CT molecular complexity index is 1760. The van der Waals surface area contributed by atoms with Crippen molar-refractivity contribution >= 4 is 39.0 Å². The lowest BCUT2D eigenvalue weighted by atomic mass is 9.98. The van der Waals surface area contributed by atoms with Crippen LogP contribution in [0.1, 0.15) is 48.9 Å². The number of allylic oxidation sites excluding steroid dienone is 2. The highest BCUT2D eigenvalue weighted by Gasteiger charge is 2.40. The number of aromatic nitrogens is 1. The number of hydrogen-bond donors (Lipinski definition) is 0. The topological polar surface area (TPSA) is 78.0 Å². The van der Waals surface area contributed by atoms with Crippen LogP contribution in [0.15, 0.2) is 65.9 Å². The first-order valence-electron chi connectivity index (χ1n) is 13.8. The first kappa shape index (κ1) is 35.0. The second kappa shape index (κ2) is 13.4. The zero-order valence-electron chi connectivity index (χ0n) is 24.8. The van der Waals surface area contributed by atoms with E-state index in [2.05, 4.69) is 11.6 Å². The Kier molecular flexibility index (Phi) is 10.2. The van der Waals surface area contributed by atoms with Gasteiger partial charge in [0, 0.05) is 23.2 Å². The van der Waals surface area contributed by atoms with Gasteiger partial charge in [-0.2, -0.15) is 26.3 Å². The van der Waals surface area contributed by atoms with Crippen LogP contribution in [-0.2, 0) is 27.1 Å². The van der Waals surface area contributed by atoms with Crippen molar-refractivity contribution in [2.24, 2.45) is 0 Å². The molecule has 15 heteroatoms. The van der Waals surface area contributed by atoms with Crippen LogP contribution in [0.3, 0.4) is 0 Å². The molecule has 0 radical (unpaired) electrons. The molecule has 0 bridgehead atoms. The van der Waals surface area contributed by atoms with Gasteiger partial charge in [-0.05, 0) is 61.7 Å². The molecule has 0 aliphatic carbocycles. The van der Waals surface area contributed by atoms with Gasteiger partial charge in [-0.3, -0.25) is 4.31 Å². The summed E-state index contributed by atoms with van der Waals surface area (Å²) in [6.45, 7) is 6.27. The number of nitrogens with zero attached hydrogens (tertiary/aromatic N) is 2. The third-order valence-electron chi connectivity index (χ3n) is 7.04. The van der Waals surface area contributed by atoms with E-state index in [1.54, 1.807) is 0 Å². The van der Waals surface area contributed by atoms with Crippen molar-refractivity contribution in [3.63, 3.8) is 0 Å². The molecule has 1 atom stereocenters. The van der Waals surface area contributed by atoms with Gasteiger partial charge in [0.05, 0.1) is 42.8 Å². The number of alkyl halides is 6. The van der Waals surface area contributed by atoms with Crippen LogP contribution in [0.25, 0.3) is 11.6 Å². The van der Waals surface area contributed by atoms with Crippen molar-refractivity contribution in [1.82, 2.24) is 4.98 Å². The molecule has 7 nitrogen and oxygen atoms in total. The largest absolute Gasteiger partial charge is 0.502 e. The first-order valence-corrected chi connectivity index (χ1v) is 15.6. The first-order chi connectivity index (χ1) is 21.5. The van der Waals surface area contributed by atoms with Crippen LogP contribution in [0.2, 0.25) is 5.02 Å². The molecule has 2 heterocycles. The summed E-state index contributed by atoms with van der Waals surface area (Å²) in [5.74, 6) is -0.0549. The van der Waals surface area contributed by atoms with E-state index in [0.29, 0.717) is 24.4 Å². The maximum Gasteiger partial charge on any atom is 0.417 e. The summed E-state index contributed by atoms with van der Waals surface area (Å²) in [6, 6.07) is 8.13. The lowest BCUT2D eigenvalue weighted by Gasteiger charge is -2.36. The number of rotatable bonds is 10. The number of halogens is 7. The number of methoxy groups -OCH3 is 1. The summed E-state index contributed by atoms with van der Waals surface area (Å²) >= 11 is 6.17. The Morgan fingerprint density at radius 2 is 1.87 bits per heavy atom. The third-order valence-corrected chi connectivity index (χ3v) is 9.13. The maximum atomic E-state index is 14.2. The number of anilines is 1. The van der Waals surface area contributed by atoms with Gasteiger partial charge < -0.3 is 14.2 Å². The monoisotopic (exact) mass is 690 g/mol. The van der Waals surface area contributed by atoms with E-state index >= 15 is 0 Å². The number of sulfonamides is 1. The molecule has 0 N–H and O–H groups in total.